The average molecular weight is 317 g/mol. The fourth-order valence-electron chi connectivity index (χ4n) is 2.12. The smallest absolute Gasteiger partial charge is 0.379 e. The van der Waals surface area contributed by atoms with E-state index >= 15 is 0 Å². The number of alkyl halides is 3. The van der Waals surface area contributed by atoms with Gasteiger partial charge in [-0.3, -0.25) is 0 Å². The third kappa shape index (κ3) is 4.17. The van der Waals surface area contributed by atoms with Crippen LogP contribution in [-0.4, -0.2) is 4.57 Å². The van der Waals surface area contributed by atoms with Crippen LogP contribution >= 0.6 is 11.6 Å². The molecule has 1 aromatic heterocycles. The van der Waals surface area contributed by atoms with Gasteiger partial charge in [0.1, 0.15) is 0 Å². The van der Waals surface area contributed by atoms with Crippen molar-refractivity contribution in [2.45, 2.75) is 32.6 Å². The van der Waals surface area contributed by atoms with Gasteiger partial charge in [-0.2, -0.15) is 13.2 Å². The lowest BCUT2D eigenvalue weighted by atomic mass is 10.2. The first-order valence-corrected chi connectivity index (χ1v) is 7.03. The van der Waals surface area contributed by atoms with E-state index in [1.165, 1.54) is 6.07 Å². The number of halogens is 4. The normalized spacial score (nSPS) is 11.7. The van der Waals surface area contributed by atoms with E-state index in [1.54, 1.807) is 0 Å². The van der Waals surface area contributed by atoms with Crippen LogP contribution in [0.25, 0.3) is 0 Å². The molecule has 1 aromatic carbocycles. The number of nitrogens with zero attached hydrogens (tertiary/aromatic N) is 1. The van der Waals surface area contributed by atoms with Crippen LogP contribution in [0.15, 0.2) is 36.5 Å². The van der Waals surface area contributed by atoms with Crippen LogP contribution in [0.2, 0.25) is 5.02 Å². The summed E-state index contributed by atoms with van der Waals surface area (Å²) in [6, 6.07) is 7.35. The van der Waals surface area contributed by atoms with Crippen molar-refractivity contribution in [3.63, 3.8) is 0 Å². The minimum absolute atomic E-state index is 0.0660. The summed E-state index contributed by atoms with van der Waals surface area (Å²) in [5, 5.41) is 3.06. The van der Waals surface area contributed by atoms with Gasteiger partial charge in [-0.25, -0.2) is 0 Å². The lowest BCUT2D eigenvalue weighted by Gasteiger charge is -2.13. The first-order valence-electron chi connectivity index (χ1n) is 6.66. The number of anilines is 1. The van der Waals surface area contributed by atoms with E-state index in [-0.39, 0.29) is 5.02 Å². The molecule has 1 N–H and O–H groups in total. The van der Waals surface area contributed by atoms with E-state index < -0.39 is 11.7 Å². The molecule has 2 nitrogen and oxygen atoms in total. The molecule has 0 spiro atoms. The monoisotopic (exact) mass is 316 g/mol. The molecule has 2 rings (SSSR count). The highest BCUT2D eigenvalue weighted by molar-refractivity contribution is 6.30. The van der Waals surface area contributed by atoms with Crippen LogP contribution in [0, 0.1) is 0 Å². The Kier molecular flexibility index (Phi) is 4.83. The Bertz CT molecular complexity index is 605. The Morgan fingerprint density at radius 2 is 2.00 bits per heavy atom. The van der Waals surface area contributed by atoms with E-state index in [2.05, 4.69) is 16.8 Å². The highest BCUT2D eigenvalue weighted by Gasteiger charge is 2.31. The molecule has 21 heavy (non-hydrogen) atoms. The molecule has 0 saturated carbocycles. The maximum atomic E-state index is 12.7. The Morgan fingerprint density at radius 3 is 2.67 bits per heavy atom. The molecular formula is C15H16ClF3N2. The third-order valence-corrected chi connectivity index (χ3v) is 3.31. The lowest BCUT2D eigenvalue weighted by Crippen LogP contribution is -2.09. The Morgan fingerprint density at radius 1 is 1.24 bits per heavy atom. The molecule has 0 aliphatic heterocycles. The number of nitrogens with one attached hydrogen (secondary N) is 1. The fraction of sp³-hybridized carbons (Fsp3) is 0.333. The molecule has 0 amide bonds. The van der Waals surface area contributed by atoms with Gasteiger partial charge >= 0.3 is 6.18 Å². The summed E-state index contributed by atoms with van der Waals surface area (Å²) in [5.74, 6) is 0. The molecule has 0 aliphatic carbocycles. The summed E-state index contributed by atoms with van der Waals surface area (Å²) in [7, 11) is 0. The molecule has 0 atom stereocenters. The highest BCUT2D eigenvalue weighted by Crippen LogP contribution is 2.33. The summed E-state index contributed by atoms with van der Waals surface area (Å²) < 4.78 is 40.3. The number of benzene rings is 1. The van der Waals surface area contributed by atoms with Crippen LogP contribution in [0.1, 0.15) is 24.6 Å². The highest BCUT2D eigenvalue weighted by atomic mass is 35.5. The second kappa shape index (κ2) is 6.43. The summed E-state index contributed by atoms with van der Waals surface area (Å²) >= 11 is 5.75. The third-order valence-electron chi connectivity index (χ3n) is 3.09. The van der Waals surface area contributed by atoms with Crippen molar-refractivity contribution in [2.24, 2.45) is 0 Å². The Hall–Kier alpha value is -1.62. The van der Waals surface area contributed by atoms with E-state index in [4.69, 9.17) is 11.6 Å². The van der Waals surface area contributed by atoms with Gasteiger partial charge in [-0.05, 0) is 36.8 Å². The van der Waals surface area contributed by atoms with Gasteiger partial charge in [-0.15, -0.1) is 0 Å². The predicted molar refractivity (Wildman–Crippen MR) is 78.5 cm³/mol. The SMILES string of the molecule is CCCn1cccc1CNc1cc(Cl)cc(C(F)(F)F)c1. The average Bonchev–Trinajstić information content (AvgIpc) is 2.83. The predicted octanol–water partition coefficient (Wildman–Crippen LogP) is 5.18. The molecule has 0 unspecified atom stereocenters. The van der Waals surface area contributed by atoms with Gasteiger partial charge in [0.15, 0.2) is 0 Å². The van der Waals surface area contributed by atoms with Gasteiger partial charge in [0.05, 0.1) is 12.1 Å². The minimum Gasteiger partial charge on any atom is -0.379 e. The molecule has 1 heterocycles. The maximum absolute atomic E-state index is 12.7. The fourth-order valence-corrected chi connectivity index (χ4v) is 2.35. The Labute approximate surface area is 126 Å². The molecular weight excluding hydrogens is 301 g/mol. The number of rotatable bonds is 5. The lowest BCUT2D eigenvalue weighted by molar-refractivity contribution is -0.137. The van der Waals surface area contributed by atoms with Crippen molar-refractivity contribution in [1.29, 1.82) is 0 Å². The summed E-state index contributed by atoms with van der Waals surface area (Å²) in [6.45, 7) is 3.40. The zero-order chi connectivity index (χ0) is 15.5. The molecule has 0 fully saturated rings. The maximum Gasteiger partial charge on any atom is 0.416 e. The topological polar surface area (TPSA) is 17.0 Å². The largest absolute Gasteiger partial charge is 0.416 e. The molecule has 114 valence electrons. The van der Waals surface area contributed by atoms with Crippen molar-refractivity contribution < 1.29 is 13.2 Å². The number of hydrogen-bond acceptors (Lipinski definition) is 1. The summed E-state index contributed by atoms with van der Waals surface area (Å²) in [5.41, 5.74) is 0.630. The van der Waals surface area contributed by atoms with Crippen molar-refractivity contribution in [3.8, 4) is 0 Å². The molecule has 0 saturated heterocycles. The van der Waals surface area contributed by atoms with Crippen molar-refractivity contribution in [1.82, 2.24) is 4.57 Å². The molecule has 6 heteroatoms. The zero-order valence-corrected chi connectivity index (χ0v) is 12.3. The van der Waals surface area contributed by atoms with Gasteiger partial charge in [-0.1, -0.05) is 18.5 Å². The second-order valence-corrected chi connectivity index (χ2v) is 5.21. The van der Waals surface area contributed by atoms with Crippen LogP contribution in [0.4, 0.5) is 18.9 Å². The first-order chi connectivity index (χ1) is 9.90. The van der Waals surface area contributed by atoms with Gasteiger partial charge in [0.25, 0.3) is 0 Å². The zero-order valence-electron chi connectivity index (χ0n) is 11.5. The second-order valence-electron chi connectivity index (χ2n) is 4.77. The van der Waals surface area contributed by atoms with Gasteiger partial charge in [0, 0.05) is 29.1 Å². The molecule has 2 aromatic rings. The van der Waals surface area contributed by atoms with Crippen LogP contribution < -0.4 is 5.32 Å². The summed E-state index contributed by atoms with van der Waals surface area (Å²) in [4.78, 5) is 0. The number of aryl methyl sites for hydroxylation is 1. The van der Waals surface area contributed by atoms with Crippen LogP contribution in [0.5, 0.6) is 0 Å². The number of hydrogen-bond donors (Lipinski definition) is 1. The quantitative estimate of drug-likeness (QED) is 0.804. The van der Waals surface area contributed by atoms with Crippen molar-refractivity contribution in [3.05, 3.63) is 52.8 Å². The Balaban J connectivity index is 2.13. The first kappa shape index (κ1) is 15.8. The number of aromatic nitrogens is 1. The van der Waals surface area contributed by atoms with Gasteiger partial charge < -0.3 is 9.88 Å². The van der Waals surface area contributed by atoms with Crippen LogP contribution in [0.3, 0.4) is 0 Å². The van der Waals surface area contributed by atoms with Crippen molar-refractivity contribution in [2.75, 3.05) is 5.32 Å². The summed E-state index contributed by atoms with van der Waals surface area (Å²) in [6.07, 6.45) is -1.44. The molecule has 0 aliphatic rings. The van der Waals surface area contributed by atoms with Crippen molar-refractivity contribution >= 4 is 17.3 Å². The van der Waals surface area contributed by atoms with Gasteiger partial charge in [0.2, 0.25) is 0 Å². The minimum atomic E-state index is -4.40. The van der Waals surface area contributed by atoms with E-state index in [9.17, 15) is 13.2 Å². The molecule has 0 radical (unpaired) electrons. The van der Waals surface area contributed by atoms with E-state index in [1.807, 2.05) is 18.3 Å². The van der Waals surface area contributed by atoms with E-state index in [0.29, 0.717) is 12.2 Å². The van der Waals surface area contributed by atoms with Crippen LogP contribution in [-0.2, 0) is 19.3 Å². The standard InChI is InChI=1S/C15H16ClF3N2/c1-2-5-21-6-3-4-14(21)10-20-13-8-11(15(17,18)19)7-12(16)9-13/h3-4,6-9,20H,2,5,10H2,1H3. The van der Waals surface area contributed by atoms with E-state index in [0.717, 1.165) is 30.8 Å². The molecule has 0 bridgehead atoms.